The Kier molecular flexibility index (Phi) is 4.20. The van der Waals surface area contributed by atoms with Gasteiger partial charge in [0.15, 0.2) is 0 Å². The molecular formula is C11H22BrNO2. The molecular weight excluding hydrogens is 258 g/mol. The third kappa shape index (κ3) is 3.16. The highest BCUT2D eigenvalue weighted by molar-refractivity contribution is 9.09. The van der Waals surface area contributed by atoms with Gasteiger partial charge in [0.1, 0.15) is 0 Å². The van der Waals surface area contributed by atoms with Crippen LogP contribution in [0.1, 0.15) is 40.5 Å². The van der Waals surface area contributed by atoms with Crippen molar-refractivity contribution in [2.75, 3.05) is 11.9 Å². The van der Waals surface area contributed by atoms with Crippen LogP contribution in [0.2, 0.25) is 0 Å². The van der Waals surface area contributed by atoms with Crippen LogP contribution < -0.4 is 5.06 Å². The number of hydrogen-bond donors (Lipinski definition) is 1. The second-order valence-corrected chi connectivity index (χ2v) is 6.48. The minimum atomic E-state index is -0.237. The fourth-order valence-electron chi connectivity index (χ4n) is 2.64. The molecule has 1 rings (SSSR count). The molecule has 4 heteroatoms. The van der Waals surface area contributed by atoms with Crippen molar-refractivity contribution in [1.29, 1.82) is 0 Å². The molecule has 0 unspecified atom stereocenters. The van der Waals surface area contributed by atoms with Crippen molar-refractivity contribution in [3.8, 4) is 0 Å². The Bertz CT molecular complexity index is 201. The Morgan fingerprint density at radius 1 is 1.27 bits per heavy atom. The monoisotopic (exact) mass is 279 g/mol. The minimum absolute atomic E-state index is 0.227. The molecule has 3 nitrogen and oxygen atoms in total. The van der Waals surface area contributed by atoms with Gasteiger partial charge in [-0.25, -0.2) is 0 Å². The Morgan fingerprint density at radius 2 is 1.73 bits per heavy atom. The van der Waals surface area contributed by atoms with Crippen molar-refractivity contribution in [2.24, 2.45) is 0 Å². The Labute approximate surface area is 101 Å². The molecule has 0 radical (unpaired) electrons. The van der Waals surface area contributed by atoms with Gasteiger partial charge >= 0.3 is 0 Å². The number of ether oxygens (including phenoxy) is 1. The number of piperidine rings is 1. The van der Waals surface area contributed by atoms with Crippen LogP contribution in [0.3, 0.4) is 0 Å². The number of nitrogens with one attached hydrogen (secondary N) is 1. The molecule has 1 N–H and O–H groups in total. The van der Waals surface area contributed by atoms with Crippen molar-refractivity contribution in [3.63, 3.8) is 0 Å². The fraction of sp³-hybridized carbons (Fsp3) is 1.00. The molecule has 1 aliphatic heterocycles. The van der Waals surface area contributed by atoms with Gasteiger partial charge in [0.2, 0.25) is 0 Å². The summed E-state index contributed by atoms with van der Waals surface area (Å²) in [7, 11) is 0. The zero-order valence-corrected chi connectivity index (χ0v) is 11.7. The zero-order valence-electron chi connectivity index (χ0n) is 10.1. The summed E-state index contributed by atoms with van der Waals surface area (Å²) in [5, 5.41) is 13.4. The maximum absolute atomic E-state index is 12.1. The summed E-state index contributed by atoms with van der Waals surface area (Å²) in [4.78, 5) is 0. The van der Waals surface area contributed by atoms with E-state index >= 15 is 0 Å². The average Bonchev–Trinajstić information content (AvgIpc) is 2.10. The second-order valence-electron chi connectivity index (χ2n) is 5.69. The smallest absolute Gasteiger partial charge is 0.0946 e. The van der Waals surface area contributed by atoms with Crippen molar-refractivity contribution in [2.45, 2.75) is 57.7 Å². The van der Waals surface area contributed by atoms with E-state index in [4.69, 9.17) is 4.74 Å². The third-order valence-electron chi connectivity index (χ3n) is 3.14. The van der Waals surface area contributed by atoms with E-state index in [1.165, 1.54) is 0 Å². The quantitative estimate of drug-likeness (QED) is 0.628. The molecule has 0 aliphatic carbocycles. The number of hydrogen-bond acceptors (Lipinski definition) is 2. The van der Waals surface area contributed by atoms with E-state index in [0.717, 1.165) is 24.8 Å². The van der Waals surface area contributed by atoms with E-state index in [2.05, 4.69) is 15.9 Å². The third-order valence-corrected chi connectivity index (χ3v) is 3.46. The molecule has 0 bridgehead atoms. The summed E-state index contributed by atoms with van der Waals surface area (Å²) >= 11 is 3.35. The molecule has 0 aromatic carbocycles. The number of halogens is 1. The lowest BCUT2D eigenvalue weighted by Gasteiger charge is -2.54. The van der Waals surface area contributed by atoms with Crippen LogP contribution in [0.15, 0.2) is 0 Å². The molecule has 0 aromatic heterocycles. The molecule has 1 saturated heterocycles. The van der Waals surface area contributed by atoms with Gasteiger partial charge in [-0.15, -0.1) is 0 Å². The van der Waals surface area contributed by atoms with Gasteiger partial charge in [0, 0.05) is 18.2 Å². The first-order chi connectivity index (χ1) is 6.79. The van der Waals surface area contributed by atoms with Crippen molar-refractivity contribution < 1.29 is 9.80 Å². The van der Waals surface area contributed by atoms with E-state index in [1.807, 2.05) is 27.7 Å². The van der Waals surface area contributed by atoms with E-state index in [-0.39, 0.29) is 17.2 Å². The fourth-order valence-corrected chi connectivity index (χ4v) is 2.83. The standard InChI is InChI=1S/C11H22BrNO2/c1-10(2)7-9(15-6-5-12)8-11(3,4)13(10)14/h9,13H,5-8H2,1-4H3. The van der Waals surface area contributed by atoms with Gasteiger partial charge in [0.05, 0.1) is 23.8 Å². The maximum Gasteiger partial charge on any atom is 0.0946 e. The molecule has 0 saturated carbocycles. The molecule has 15 heavy (non-hydrogen) atoms. The first-order valence-corrected chi connectivity index (χ1v) is 6.64. The summed E-state index contributed by atoms with van der Waals surface area (Å²) < 4.78 is 5.75. The minimum Gasteiger partial charge on any atom is -0.634 e. The van der Waals surface area contributed by atoms with Gasteiger partial charge in [-0.3, -0.25) is 0 Å². The van der Waals surface area contributed by atoms with Crippen LogP contribution in [0.4, 0.5) is 0 Å². The molecule has 0 spiro atoms. The van der Waals surface area contributed by atoms with E-state index in [9.17, 15) is 5.21 Å². The number of hydroxylamine groups is 2. The van der Waals surface area contributed by atoms with Gasteiger partial charge < -0.3 is 15.0 Å². The van der Waals surface area contributed by atoms with E-state index in [0.29, 0.717) is 5.06 Å². The van der Waals surface area contributed by atoms with E-state index < -0.39 is 0 Å². The van der Waals surface area contributed by atoms with Crippen LogP contribution in [0.5, 0.6) is 0 Å². The van der Waals surface area contributed by atoms with Gasteiger partial charge in [-0.1, -0.05) is 15.9 Å². The lowest BCUT2D eigenvalue weighted by atomic mass is 9.80. The van der Waals surface area contributed by atoms with Gasteiger partial charge in [-0.2, -0.15) is 0 Å². The van der Waals surface area contributed by atoms with Crippen LogP contribution in [0.25, 0.3) is 0 Å². The summed E-state index contributed by atoms with van der Waals surface area (Å²) in [6.45, 7) is 8.84. The summed E-state index contributed by atoms with van der Waals surface area (Å²) in [5.41, 5.74) is -0.475. The maximum atomic E-state index is 12.1. The molecule has 1 heterocycles. The Morgan fingerprint density at radius 3 is 2.13 bits per heavy atom. The van der Waals surface area contributed by atoms with E-state index in [1.54, 1.807) is 0 Å². The highest BCUT2D eigenvalue weighted by Crippen LogP contribution is 2.25. The average molecular weight is 280 g/mol. The largest absolute Gasteiger partial charge is 0.634 e. The molecule has 1 fully saturated rings. The number of rotatable bonds is 3. The first-order valence-electron chi connectivity index (χ1n) is 5.52. The lowest BCUT2D eigenvalue weighted by Crippen LogP contribution is -3.23. The van der Waals surface area contributed by atoms with Crippen LogP contribution in [0, 0.1) is 5.21 Å². The first kappa shape index (κ1) is 13.4. The number of alkyl halides is 1. The van der Waals surface area contributed by atoms with Crippen LogP contribution in [-0.4, -0.2) is 29.1 Å². The normalized spacial score (nSPS) is 34.0. The molecule has 0 atom stereocenters. The van der Waals surface area contributed by atoms with Crippen LogP contribution in [-0.2, 0) is 4.74 Å². The molecule has 0 aromatic rings. The summed E-state index contributed by atoms with van der Waals surface area (Å²) in [6.07, 6.45) is 1.93. The van der Waals surface area contributed by atoms with Crippen molar-refractivity contribution in [1.82, 2.24) is 0 Å². The predicted molar refractivity (Wildman–Crippen MR) is 65.3 cm³/mol. The van der Waals surface area contributed by atoms with Gasteiger partial charge in [0.25, 0.3) is 0 Å². The number of quaternary nitrogens is 1. The predicted octanol–water partition coefficient (Wildman–Crippen LogP) is 1.50. The van der Waals surface area contributed by atoms with Crippen LogP contribution >= 0.6 is 15.9 Å². The Hall–Kier alpha value is 0.360. The van der Waals surface area contributed by atoms with Crippen molar-refractivity contribution >= 4 is 15.9 Å². The summed E-state index contributed by atoms with van der Waals surface area (Å²) in [5.74, 6) is 0. The molecule has 90 valence electrons. The molecule has 1 aliphatic rings. The van der Waals surface area contributed by atoms with Crippen molar-refractivity contribution in [3.05, 3.63) is 5.21 Å². The topological polar surface area (TPSA) is 36.7 Å². The molecule has 0 amide bonds. The Balaban J connectivity index is 2.66. The zero-order chi connectivity index (χ0) is 11.7. The summed E-state index contributed by atoms with van der Waals surface area (Å²) in [6, 6.07) is 0. The SMILES string of the molecule is CC1(C)CC(OCCBr)CC(C)(C)[NH+]1[O-]. The highest BCUT2D eigenvalue weighted by atomic mass is 79.9. The highest BCUT2D eigenvalue weighted by Gasteiger charge is 2.45. The lowest BCUT2D eigenvalue weighted by molar-refractivity contribution is -0.956. The second kappa shape index (κ2) is 4.70. The van der Waals surface area contributed by atoms with Gasteiger partial charge in [-0.05, 0) is 27.7 Å².